The number of benzene rings is 2. The molecule has 0 saturated carbocycles. The standard InChI is InChI=1S/C22H22IN9S.C13H15N7S.C9H7IN2/c23-13-3-4-15-16(10-13)31-18(30-15)5-8-25-9-6-19-32-20-21(28-12-29-22(20)33-19)27-11-17-14(24)2-1-7-26-17;14-4-3-10-20-11-12(18-7-19-13(11)21-10)17-6-9-8(15)2-1-5-16-9;1-2-9-11-7-4-3-6(10)5-8(7)12-9/h1-4,7,10,12,25H,5-6,8-9,11,24H2,(H,30,31)(H,27,28,29);1-2,5,7H,3-4,6,14-15H2,(H,17,18,19);2-5H,1H2,(H,11,12). The maximum Gasteiger partial charge on any atom is 0.157 e. The molecule has 0 aliphatic carbocycles. The molecule has 0 atom stereocenters. The summed E-state index contributed by atoms with van der Waals surface area (Å²) in [5.74, 6) is 3.20. The average Bonchev–Trinajstić information content (AvgIpc) is 4.13. The van der Waals surface area contributed by atoms with Crippen LogP contribution in [0.4, 0.5) is 23.0 Å². The summed E-state index contributed by atoms with van der Waals surface area (Å²) in [6.07, 6.45) is 10.7. The van der Waals surface area contributed by atoms with Gasteiger partial charge in [0.15, 0.2) is 11.6 Å². The second-order valence-corrected chi connectivity index (χ2v) is 19.0. The van der Waals surface area contributed by atoms with Crippen molar-refractivity contribution in [3.05, 3.63) is 132 Å². The molecule has 11 N–H and O–H groups in total. The number of pyridine rings is 2. The molecule has 0 amide bonds. The lowest BCUT2D eigenvalue weighted by Gasteiger charge is -2.07. The molecular formula is C44H44I2N18S2. The maximum atomic E-state index is 5.98. The Morgan fingerprint density at radius 3 is 1.74 bits per heavy atom. The summed E-state index contributed by atoms with van der Waals surface area (Å²) in [5, 5.41) is 12.0. The van der Waals surface area contributed by atoms with Crippen molar-refractivity contribution in [2.45, 2.75) is 32.4 Å². The minimum Gasteiger partial charge on any atom is -0.397 e. The molecule has 0 radical (unpaired) electrons. The van der Waals surface area contributed by atoms with Gasteiger partial charge in [-0.3, -0.25) is 9.97 Å². The van der Waals surface area contributed by atoms with Crippen LogP contribution in [0.1, 0.15) is 33.1 Å². The zero-order valence-corrected chi connectivity index (χ0v) is 41.2. The fourth-order valence-electron chi connectivity index (χ4n) is 6.50. The van der Waals surface area contributed by atoms with Crippen LogP contribution in [-0.2, 0) is 32.4 Å². The Balaban J connectivity index is 0.000000152. The first-order valence-corrected chi connectivity index (χ1v) is 24.4. The molecule has 22 heteroatoms. The molecule has 0 saturated heterocycles. The Bertz CT molecular complexity index is 3220. The number of nitrogens with zero attached hydrogens (tertiary/aromatic N) is 10. The lowest BCUT2D eigenvalue weighted by molar-refractivity contribution is 0.670. The van der Waals surface area contributed by atoms with Crippen LogP contribution in [-0.4, -0.2) is 79.4 Å². The Labute approximate surface area is 414 Å². The summed E-state index contributed by atoms with van der Waals surface area (Å²) in [5.41, 5.74) is 26.0. The van der Waals surface area contributed by atoms with Crippen LogP contribution in [0.15, 0.2) is 92.3 Å². The molecule has 336 valence electrons. The number of nitrogens with one attached hydrogen (secondary N) is 5. The number of rotatable bonds is 15. The van der Waals surface area contributed by atoms with E-state index in [0.29, 0.717) is 42.6 Å². The Morgan fingerprint density at radius 2 is 1.18 bits per heavy atom. The van der Waals surface area contributed by atoms with Gasteiger partial charge in [0.1, 0.15) is 45.0 Å². The van der Waals surface area contributed by atoms with Gasteiger partial charge < -0.3 is 43.1 Å². The Hall–Kier alpha value is -6.06. The minimum absolute atomic E-state index is 0.480. The number of imidazole rings is 2. The fraction of sp³-hybridized carbons (Fsp3) is 0.182. The van der Waals surface area contributed by atoms with Crippen molar-refractivity contribution in [3.63, 3.8) is 0 Å². The monoisotopic (exact) mass is 1140 g/mol. The number of halogens is 2. The van der Waals surface area contributed by atoms with Gasteiger partial charge in [0.2, 0.25) is 0 Å². The highest BCUT2D eigenvalue weighted by molar-refractivity contribution is 14.1. The second-order valence-electron chi connectivity index (χ2n) is 14.4. The van der Waals surface area contributed by atoms with Crippen molar-refractivity contribution in [1.29, 1.82) is 0 Å². The number of hydrogen-bond donors (Lipinski definition) is 8. The van der Waals surface area contributed by atoms with E-state index in [1.165, 1.54) is 24.8 Å². The van der Waals surface area contributed by atoms with Crippen LogP contribution in [0, 0.1) is 7.14 Å². The van der Waals surface area contributed by atoms with Crippen LogP contribution >= 0.6 is 67.9 Å². The maximum absolute atomic E-state index is 5.98. The topological polar surface area (TPSA) is 275 Å². The van der Waals surface area contributed by atoms with E-state index in [1.807, 2.05) is 30.3 Å². The number of nitrogens with two attached hydrogens (primary N) is 3. The first-order valence-electron chi connectivity index (χ1n) is 20.6. The highest BCUT2D eigenvalue weighted by atomic mass is 127. The molecule has 10 aromatic rings. The van der Waals surface area contributed by atoms with E-state index in [4.69, 9.17) is 22.2 Å². The predicted octanol–water partition coefficient (Wildman–Crippen LogP) is 7.52. The molecule has 0 fully saturated rings. The third-order valence-corrected chi connectivity index (χ3v) is 13.1. The van der Waals surface area contributed by atoms with Crippen molar-refractivity contribution < 1.29 is 0 Å². The second kappa shape index (κ2) is 22.4. The summed E-state index contributed by atoms with van der Waals surface area (Å²) < 4.78 is 2.41. The van der Waals surface area contributed by atoms with Crippen LogP contribution in [0.25, 0.3) is 48.8 Å². The molecule has 8 aromatic heterocycles. The number of fused-ring (bicyclic) bond motifs is 4. The van der Waals surface area contributed by atoms with Crippen LogP contribution in [0.2, 0.25) is 0 Å². The SMILES string of the molecule is C=Cc1nc2ccc(I)cc2[nH]1.NCCc1nc2c(NCc3ncccc3N)ncnc2s1.Nc1cccnc1CNc1ncnc2sc(CCNCCc3nc4ccc(I)cc4[nH]3)nc12. The van der Waals surface area contributed by atoms with Crippen molar-refractivity contribution in [3.8, 4) is 0 Å². The van der Waals surface area contributed by atoms with Gasteiger partial charge in [0.05, 0.1) is 67.9 Å². The third kappa shape index (κ3) is 12.0. The average molecular weight is 1140 g/mol. The molecule has 8 heterocycles. The molecule has 0 aliphatic heterocycles. The van der Waals surface area contributed by atoms with Crippen LogP contribution < -0.4 is 33.2 Å². The van der Waals surface area contributed by atoms with Crippen molar-refractivity contribution in [2.75, 3.05) is 41.7 Å². The molecule has 0 spiro atoms. The van der Waals surface area contributed by atoms with Gasteiger partial charge in [-0.25, -0.2) is 39.9 Å². The van der Waals surface area contributed by atoms with E-state index >= 15 is 0 Å². The van der Waals surface area contributed by atoms with E-state index in [9.17, 15) is 0 Å². The molecular weight excluding hydrogens is 1100 g/mol. The van der Waals surface area contributed by atoms with Gasteiger partial charge in [0, 0.05) is 51.9 Å². The summed E-state index contributed by atoms with van der Waals surface area (Å²) in [6.45, 7) is 6.87. The summed E-state index contributed by atoms with van der Waals surface area (Å²) in [4.78, 5) is 52.3. The van der Waals surface area contributed by atoms with E-state index in [0.717, 1.165) is 108 Å². The molecule has 2 aromatic carbocycles. The summed E-state index contributed by atoms with van der Waals surface area (Å²) in [6, 6.07) is 19.6. The zero-order valence-electron chi connectivity index (χ0n) is 35.3. The fourth-order valence-corrected chi connectivity index (χ4v) is 9.30. The first-order chi connectivity index (χ1) is 32.2. The highest BCUT2D eigenvalue weighted by Crippen LogP contribution is 2.27. The highest BCUT2D eigenvalue weighted by Gasteiger charge is 2.13. The van der Waals surface area contributed by atoms with Gasteiger partial charge in [-0.15, -0.1) is 0 Å². The van der Waals surface area contributed by atoms with Crippen LogP contribution in [0.5, 0.6) is 0 Å². The van der Waals surface area contributed by atoms with Crippen molar-refractivity contribution in [2.24, 2.45) is 5.73 Å². The van der Waals surface area contributed by atoms with E-state index in [1.54, 1.807) is 42.2 Å². The van der Waals surface area contributed by atoms with E-state index in [2.05, 4.69) is 147 Å². The van der Waals surface area contributed by atoms with Gasteiger partial charge in [0.25, 0.3) is 0 Å². The van der Waals surface area contributed by atoms with Crippen molar-refractivity contribution in [1.82, 2.24) is 65.1 Å². The van der Waals surface area contributed by atoms with Gasteiger partial charge in [-0.05, 0) is 118 Å². The number of hydrogen-bond acceptors (Lipinski definition) is 18. The zero-order chi connectivity index (χ0) is 45.8. The number of anilines is 4. The summed E-state index contributed by atoms with van der Waals surface area (Å²) >= 11 is 7.72. The molecule has 18 nitrogen and oxygen atoms in total. The Morgan fingerprint density at radius 1 is 0.636 bits per heavy atom. The predicted molar refractivity (Wildman–Crippen MR) is 283 cm³/mol. The van der Waals surface area contributed by atoms with Crippen molar-refractivity contribution >= 4 is 140 Å². The Kier molecular flexibility index (Phi) is 15.8. The normalized spacial score (nSPS) is 11.1. The molecule has 10 rings (SSSR count). The molecule has 0 aliphatic rings. The molecule has 0 unspecified atom stereocenters. The lowest BCUT2D eigenvalue weighted by atomic mass is 10.3. The van der Waals surface area contributed by atoms with E-state index in [-0.39, 0.29) is 0 Å². The number of thiazole rings is 2. The minimum atomic E-state index is 0.480. The molecule has 0 bridgehead atoms. The summed E-state index contributed by atoms with van der Waals surface area (Å²) in [7, 11) is 0. The first kappa shape index (κ1) is 46.5. The van der Waals surface area contributed by atoms with Gasteiger partial charge in [-0.2, -0.15) is 0 Å². The number of H-pyrrole nitrogens is 2. The van der Waals surface area contributed by atoms with Crippen LogP contribution in [0.3, 0.4) is 0 Å². The third-order valence-electron chi connectivity index (χ3n) is 9.74. The largest absolute Gasteiger partial charge is 0.397 e. The number of aromatic nitrogens is 12. The molecule has 66 heavy (non-hydrogen) atoms. The van der Waals surface area contributed by atoms with Gasteiger partial charge >= 0.3 is 0 Å². The number of aromatic amines is 2. The number of nitrogen functional groups attached to an aromatic ring is 2. The lowest BCUT2D eigenvalue weighted by Crippen LogP contribution is -2.20. The van der Waals surface area contributed by atoms with E-state index < -0.39 is 0 Å². The van der Waals surface area contributed by atoms with Gasteiger partial charge in [-0.1, -0.05) is 29.3 Å². The quantitative estimate of drug-likeness (QED) is 0.0364. The smallest absolute Gasteiger partial charge is 0.157 e.